The third-order valence-electron chi connectivity index (χ3n) is 4.18. The van der Waals surface area contributed by atoms with Crippen LogP contribution < -0.4 is 5.73 Å². The van der Waals surface area contributed by atoms with Crippen molar-refractivity contribution in [2.24, 2.45) is 10.9 Å². The molecule has 0 aromatic carbocycles. The molecule has 2 unspecified atom stereocenters. The molecule has 6 heteroatoms. The van der Waals surface area contributed by atoms with Crippen molar-refractivity contribution in [2.75, 3.05) is 39.3 Å². The van der Waals surface area contributed by atoms with Crippen molar-refractivity contribution in [3.63, 3.8) is 0 Å². The molecule has 2 rings (SSSR count). The van der Waals surface area contributed by atoms with Gasteiger partial charge in [0.05, 0.1) is 18.8 Å². The van der Waals surface area contributed by atoms with Crippen LogP contribution in [0.4, 0.5) is 0 Å². The molecule has 0 aliphatic carbocycles. The molecule has 0 aromatic heterocycles. The number of ether oxygens (including phenoxy) is 1. The maximum atomic E-state index is 8.89. The number of nitrogens with two attached hydrogens (primary N) is 1. The first-order valence-electron chi connectivity index (χ1n) is 7.30. The molecule has 0 amide bonds. The van der Waals surface area contributed by atoms with Gasteiger partial charge < -0.3 is 15.7 Å². The van der Waals surface area contributed by atoms with Gasteiger partial charge in [-0.05, 0) is 25.9 Å². The lowest BCUT2D eigenvalue weighted by Crippen LogP contribution is -2.54. The van der Waals surface area contributed by atoms with E-state index in [1.165, 1.54) is 6.42 Å². The van der Waals surface area contributed by atoms with Crippen LogP contribution >= 0.6 is 0 Å². The largest absolute Gasteiger partial charge is 0.409 e. The van der Waals surface area contributed by atoms with Crippen LogP contribution in [0.25, 0.3) is 0 Å². The van der Waals surface area contributed by atoms with Gasteiger partial charge in [-0.15, -0.1) is 0 Å². The topological polar surface area (TPSA) is 74.3 Å². The Bertz CT molecular complexity index is 311. The number of piperidine rings is 1. The molecule has 2 fully saturated rings. The number of oxime groups is 1. The number of morpholine rings is 1. The summed E-state index contributed by atoms with van der Waals surface area (Å²) < 4.78 is 5.85. The molecule has 0 aromatic rings. The number of hydrogen-bond donors (Lipinski definition) is 2. The SMILES string of the molecule is CCN1CCOC(CN2CCCCC2C(N)=NO)C1. The van der Waals surface area contributed by atoms with Crippen LogP contribution in [0.3, 0.4) is 0 Å². The maximum absolute atomic E-state index is 8.89. The molecular weight excluding hydrogens is 244 g/mol. The Morgan fingerprint density at radius 1 is 1.42 bits per heavy atom. The highest BCUT2D eigenvalue weighted by molar-refractivity contribution is 5.85. The van der Waals surface area contributed by atoms with E-state index >= 15 is 0 Å². The molecule has 0 radical (unpaired) electrons. The Kier molecular flexibility index (Phi) is 5.42. The minimum Gasteiger partial charge on any atom is -0.409 e. The molecule has 2 heterocycles. The van der Waals surface area contributed by atoms with E-state index in [0.29, 0.717) is 5.84 Å². The van der Waals surface area contributed by atoms with E-state index in [1.54, 1.807) is 0 Å². The van der Waals surface area contributed by atoms with E-state index in [2.05, 4.69) is 21.9 Å². The average Bonchev–Trinajstić information content (AvgIpc) is 2.47. The molecule has 2 saturated heterocycles. The second kappa shape index (κ2) is 7.07. The zero-order valence-corrected chi connectivity index (χ0v) is 11.8. The summed E-state index contributed by atoms with van der Waals surface area (Å²) in [6.45, 7) is 7.95. The maximum Gasteiger partial charge on any atom is 0.156 e. The molecule has 0 spiro atoms. The lowest BCUT2D eigenvalue weighted by atomic mass is 10.0. The molecular formula is C13H26N4O2. The lowest BCUT2D eigenvalue weighted by molar-refractivity contribution is -0.0468. The summed E-state index contributed by atoms with van der Waals surface area (Å²) in [5.74, 6) is 0.336. The van der Waals surface area contributed by atoms with Crippen molar-refractivity contribution in [2.45, 2.75) is 38.3 Å². The summed E-state index contributed by atoms with van der Waals surface area (Å²) >= 11 is 0. The van der Waals surface area contributed by atoms with Crippen LogP contribution in [0, 0.1) is 0 Å². The zero-order chi connectivity index (χ0) is 13.7. The molecule has 19 heavy (non-hydrogen) atoms. The third kappa shape index (κ3) is 3.81. The first-order chi connectivity index (χ1) is 9.24. The first kappa shape index (κ1) is 14.6. The van der Waals surface area contributed by atoms with E-state index in [4.69, 9.17) is 15.7 Å². The molecule has 0 saturated carbocycles. The average molecular weight is 270 g/mol. The normalized spacial score (nSPS) is 31.5. The fourth-order valence-electron chi connectivity index (χ4n) is 3.05. The van der Waals surface area contributed by atoms with Crippen molar-refractivity contribution in [1.82, 2.24) is 9.80 Å². The number of nitrogens with zero attached hydrogens (tertiary/aromatic N) is 3. The number of hydrogen-bond acceptors (Lipinski definition) is 5. The zero-order valence-electron chi connectivity index (χ0n) is 11.8. The van der Waals surface area contributed by atoms with E-state index in [1.807, 2.05) is 0 Å². The molecule has 2 atom stereocenters. The van der Waals surface area contributed by atoms with Gasteiger partial charge >= 0.3 is 0 Å². The number of rotatable bonds is 4. The second-order valence-electron chi connectivity index (χ2n) is 5.42. The van der Waals surface area contributed by atoms with Crippen molar-refractivity contribution >= 4 is 5.84 Å². The highest BCUT2D eigenvalue weighted by Crippen LogP contribution is 2.19. The summed E-state index contributed by atoms with van der Waals surface area (Å²) in [5, 5.41) is 12.1. The summed E-state index contributed by atoms with van der Waals surface area (Å²) in [7, 11) is 0. The molecule has 110 valence electrons. The highest BCUT2D eigenvalue weighted by atomic mass is 16.5. The van der Waals surface area contributed by atoms with Crippen molar-refractivity contribution in [1.29, 1.82) is 0 Å². The quantitative estimate of drug-likeness (QED) is 0.333. The number of likely N-dealkylation sites (N-methyl/N-ethyl adjacent to an activating group) is 1. The summed E-state index contributed by atoms with van der Waals surface area (Å²) in [6, 6.07) is 0.0688. The van der Waals surface area contributed by atoms with Crippen LogP contribution in [-0.2, 0) is 4.74 Å². The summed E-state index contributed by atoms with van der Waals surface area (Å²) in [4.78, 5) is 4.72. The molecule has 2 aliphatic rings. The van der Waals surface area contributed by atoms with Gasteiger partial charge in [-0.25, -0.2) is 0 Å². The molecule has 0 bridgehead atoms. The van der Waals surface area contributed by atoms with Crippen molar-refractivity contribution in [3.05, 3.63) is 0 Å². The van der Waals surface area contributed by atoms with Gasteiger partial charge in [0.25, 0.3) is 0 Å². The molecule has 6 nitrogen and oxygen atoms in total. The van der Waals surface area contributed by atoms with Gasteiger partial charge in [0.2, 0.25) is 0 Å². The standard InChI is InChI=1S/C13H26N4O2/c1-2-16-7-8-19-11(9-16)10-17-6-4-3-5-12(17)13(14)15-18/h11-12,18H,2-10H2,1H3,(H2,14,15). The second-order valence-corrected chi connectivity index (χ2v) is 5.42. The summed E-state index contributed by atoms with van der Waals surface area (Å²) in [6.07, 6.45) is 3.53. The Balaban J connectivity index is 1.91. The fourth-order valence-corrected chi connectivity index (χ4v) is 3.05. The lowest BCUT2D eigenvalue weighted by Gasteiger charge is -2.39. The molecule has 3 N–H and O–H groups in total. The minimum atomic E-state index is 0.0688. The van der Waals surface area contributed by atoms with Crippen LogP contribution in [-0.4, -0.2) is 72.3 Å². The third-order valence-corrected chi connectivity index (χ3v) is 4.18. The van der Waals surface area contributed by atoms with Crippen molar-refractivity contribution in [3.8, 4) is 0 Å². The number of likely N-dealkylation sites (tertiary alicyclic amines) is 1. The van der Waals surface area contributed by atoms with E-state index < -0.39 is 0 Å². The van der Waals surface area contributed by atoms with Crippen LogP contribution in [0.1, 0.15) is 26.2 Å². The van der Waals surface area contributed by atoms with Gasteiger partial charge in [0.1, 0.15) is 0 Å². The van der Waals surface area contributed by atoms with Gasteiger partial charge in [0, 0.05) is 19.6 Å². The Morgan fingerprint density at radius 3 is 3.00 bits per heavy atom. The van der Waals surface area contributed by atoms with Gasteiger partial charge in [-0.1, -0.05) is 18.5 Å². The van der Waals surface area contributed by atoms with E-state index in [-0.39, 0.29) is 12.1 Å². The smallest absolute Gasteiger partial charge is 0.156 e. The Labute approximate surface area is 115 Å². The predicted octanol–water partition coefficient (Wildman–Crippen LogP) is 0.308. The van der Waals surface area contributed by atoms with Crippen LogP contribution in [0.2, 0.25) is 0 Å². The first-order valence-corrected chi connectivity index (χ1v) is 7.30. The monoisotopic (exact) mass is 270 g/mol. The van der Waals surface area contributed by atoms with Crippen molar-refractivity contribution < 1.29 is 9.94 Å². The van der Waals surface area contributed by atoms with E-state index in [9.17, 15) is 0 Å². The van der Waals surface area contributed by atoms with Gasteiger partial charge in [-0.3, -0.25) is 9.80 Å². The fraction of sp³-hybridized carbons (Fsp3) is 0.923. The van der Waals surface area contributed by atoms with Crippen LogP contribution in [0.15, 0.2) is 5.16 Å². The highest BCUT2D eigenvalue weighted by Gasteiger charge is 2.29. The summed E-state index contributed by atoms with van der Waals surface area (Å²) in [5.41, 5.74) is 5.80. The predicted molar refractivity (Wildman–Crippen MR) is 74.5 cm³/mol. The number of amidine groups is 1. The van der Waals surface area contributed by atoms with E-state index in [0.717, 1.165) is 52.2 Å². The van der Waals surface area contributed by atoms with Crippen LogP contribution in [0.5, 0.6) is 0 Å². The Hall–Kier alpha value is -0.850. The van der Waals surface area contributed by atoms with Gasteiger partial charge in [-0.2, -0.15) is 0 Å². The molecule has 2 aliphatic heterocycles. The Morgan fingerprint density at radius 2 is 2.26 bits per heavy atom. The van der Waals surface area contributed by atoms with Gasteiger partial charge in [0.15, 0.2) is 5.84 Å². The minimum absolute atomic E-state index is 0.0688.